The number of hydrogen-bond donors (Lipinski definition) is 0. The van der Waals surface area contributed by atoms with E-state index in [4.69, 9.17) is 4.98 Å². The van der Waals surface area contributed by atoms with E-state index in [0.717, 1.165) is 16.9 Å². The van der Waals surface area contributed by atoms with E-state index in [1.54, 1.807) is 11.3 Å². The van der Waals surface area contributed by atoms with Crippen LogP contribution < -0.4 is 0 Å². The van der Waals surface area contributed by atoms with Gasteiger partial charge in [-0.15, -0.1) is 11.3 Å². The van der Waals surface area contributed by atoms with E-state index in [-0.39, 0.29) is 0 Å². The molecule has 26 heavy (non-hydrogen) atoms. The Balaban J connectivity index is 1.95. The van der Waals surface area contributed by atoms with Crippen LogP contribution in [0.4, 0.5) is 0 Å². The quantitative estimate of drug-likeness (QED) is 0.421. The van der Waals surface area contributed by atoms with Crippen LogP contribution in [-0.4, -0.2) is 14.5 Å². The summed E-state index contributed by atoms with van der Waals surface area (Å²) in [5, 5.41) is 0. The van der Waals surface area contributed by atoms with Gasteiger partial charge in [-0.1, -0.05) is 45.9 Å². The molecule has 4 heteroatoms. The maximum atomic E-state index is 4.69. The fourth-order valence-corrected chi connectivity index (χ4v) is 4.14. The second kappa shape index (κ2) is 6.69. The van der Waals surface area contributed by atoms with Crippen LogP contribution in [0.1, 0.15) is 50.7 Å². The highest BCUT2D eigenvalue weighted by Gasteiger charge is 2.18. The van der Waals surface area contributed by atoms with Crippen LogP contribution in [0.15, 0.2) is 54.3 Å². The van der Waals surface area contributed by atoms with E-state index in [9.17, 15) is 0 Å². The number of benzene rings is 2. The average Bonchev–Trinajstić information content (AvgIpc) is 3.29. The summed E-state index contributed by atoms with van der Waals surface area (Å²) in [5.74, 6) is 1.86. The van der Waals surface area contributed by atoms with Crippen molar-refractivity contribution in [1.29, 1.82) is 0 Å². The highest BCUT2D eigenvalue weighted by atomic mass is 32.1. The zero-order valence-electron chi connectivity index (χ0n) is 15.6. The van der Waals surface area contributed by atoms with Crippen molar-refractivity contribution in [2.45, 2.75) is 39.5 Å². The molecule has 4 rings (SSSR count). The maximum Gasteiger partial charge on any atom is 0.144 e. The zero-order chi connectivity index (χ0) is 18.3. The third-order valence-corrected chi connectivity index (χ3v) is 5.62. The fourth-order valence-electron chi connectivity index (χ4n) is 3.48. The smallest absolute Gasteiger partial charge is 0.144 e. The first-order chi connectivity index (χ1) is 12.6. The molecule has 0 saturated heterocycles. The molecule has 0 aliphatic rings. The summed E-state index contributed by atoms with van der Waals surface area (Å²) >= 11 is 1.67. The normalized spacial score (nSPS) is 11.8. The number of thiazole rings is 1. The molecule has 0 aliphatic carbocycles. The molecule has 0 unspecified atom stereocenters. The molecule has 3 nitrogen and oxygen atoms in total. The van der Waals surface area contributed by atoms with Crippen molar-refractivity contribution in [2.75, 3.05) is 0 Å². The molecule has 0 N–H and O–H groups in total. The Morgan fingerprint density at radius 1 is 0.923 bits per heavy atom. The molecule has 0 amide bonds. The molecule has 132 valence electrons. The monoisotopic (exact) mass is 361 g/mol. The Morgan fingerprint density at radius 2 is 1.65 bits per heavy atom. The van der Waals surface area contributed by atoms with Gasteiger partial charge in [0.15, 0.2) is 0 Å². The number of fused-ring (bicyclic) bond motifs is 1. The third kappa shape index (κ3) is 2.84. The van der Waals surface area contributed by atoms with Crippen LogP contribution in [0.25, 0.3) is 27.3 Å². The lowest BCUT2D eigenvalue weighted by molar-refractivity contribution is 0.807. The van der Waals surface area contributed by atoms with Gasteiger partial charge in [0, 0.05) is 18.0 Å². The SMILES string of the molecule is CC(C)c1cccc(C(C)C)c1-n1ccnc1-c1ccc2scnc2c1. The molecule has 0 radical (unpaired) electrons. The number of aromatic nitrogens is 3. The van der Waals surface area contributed by atoms with Crippen LogP contribution in [-0.2, 0) is 0 Å². The standard InChI is InChI=1S/C22H23N3S/c1-14(2)17-6-5-7-18(15(3)4)21(17)25-11-10-23-22(25)16-8-9-20-19(12-16)24-13-26-20/h5-15H,1-4H3. The molecule has 0 fully saturated rings. The summed E-state index contributed by atoms with van der Waals surface area (Å²) in [6.07, 6.45) is 3.97. The fraction of sp³-hybridized carbons (Fsp3) is 0.273. The van der Waals surface area contributed by atoms with Crippen LogP contribution >= 0.6 is 11.3 Å². The summed E-state index contributed by atoms with van der Waals surface area (Å²) < 4.78 is 3.45. The van der Waals surface area contributed by atoms with Crippen molar-refractivity contribution in [2.24, 2.45) is 0 Å². The Labute approximate surface area is 158 Å². The molecule has 2 heterocycles. The van der Waals surface area contributed by atoms with Gasteiger partial charge < -0.3 is 0 Å². The lowest BCUT2D eigenvalue weighted by atomic mass is 9.92. The molecular weight excluding hydrogens is 338 g/mol. The molecular formula is C22H23N3S. The van der Waals surface area contributed by atoms with Crippen molar-refractivity contribution in [3.63, 3.8) is 0 Å². The Morgan fingerprint density at radius 3 is 2.35 bits per heavy atom. The molecule has 0 saturated carbocycles. The first kappa shape index (κ1) is 17.0. The Hall–Kier alpha value is -2.46. The van der Waals surface area contributed by atoms with Crippen molar-refractivity contribution in [3.05, 3.63) is 65.4 Å². The van der Waals surface area contributed by atoms with E-state index < -0.39 is 0 Å². The predicted octanol–water partition coefficient (Wildman–Crippen LogP) is 6.40. The summed E-state index contributed by atoms with van der Waals surface area (Å²) in [4.78, 5) is 9.16. The van der Waals surface area contributed by atoms with E-state index in [1.807, 2.05) is 11.7 Å². The molecule has 0 atom stereocenters. The van der Waals surface area contributed by atoms with Gasteiger partial charge in [0.2, 0.25) is 0 Å². The minimum Gasteiger partial charge on any atom is -0.299 e. The predicted molar refractivity (Wildman–Crippen MR) is 110 cm³/mol. The van der Waals surface area contributed by atoms with Gasteiger partial charge in [0.05, 0.1) is 21.4 Å². The van der Waals surface area contributed by atoms with Crippen LogP contribution in [0.3, 0.4) is 0 Å². The molecule has 4 aromatic rings. The minimum absolute atomic E-state index is 0.444. The first-order valence-corrected chi connectivity index (χ1v) is 9.94. The van der Waals surface area contributed by atoms with E-state index >= 15 is 0 Å². The molecule has 0 aliphatic heterocycles. The Kier molecular flexibility index (Phi) is 4.37. The van der Waals surface area contributed by atoms with Gasteiger partial charge in [0.1, 0.15) is 5.82 Å². The lowest BCUT2D eigenvalue weighted by Gasteiger charge is -2.21. The number of imidazole rings is 1. The molecule has 2 aromatic heterocycles. The first-order valence-electron chi connectivity index (χ1n) is 9.06. The second-order valence-electron chi connectivity index (χ2n) is 7.25. The van der Waals surface area contributed by atoms with Crippen LogP contribution in [0.2, 0.25) is 0 Å². The summed E-state index contributed by atoms with van der Waals surface area (Å²) in [6, 6.07) is 13.1. The van der Waals surface area contributed by atoms with E-state index in [2.05, 4.69) is 79.8 Å². The van der Waals surface area contributed by atoms with Crippen LogP contribution in [0, 0.1) is 0 Å². The van der Waals surface area contributed by atoms with Crippen molar-refractivity contribution in [3.8, 4) is 17.1 Å². The molecule has 0 bridgehead atoms. The molecule has 2 aromatic carbocycles. The van der Waals surface area contributed by atoms with E-state index in [1.165, 1.54) is 21.5 Å². The topological polar surface area (TPSA) is 30.7 Å². The van der Waals surface area contributed by atoms with Crippen molar-refractivity contribution in [1.82, 2.24) is 14.5 Å². The van der Waals surface area contributed by atoms with Gasteiger partial charge in [-0.25, -0.2) is 9.97 Å². The summed E-state index contributed by atoms with van der Waals surface area (Å²) in [5.41, 5.74) is 8.00. The van der Waals surface area contributed by atoms with Gasteiger partial charge in [-0.3, -0.25) is 4.57 Å². The summed E-state index contributed by atoms with van der Waals surface area (Å²) in [7, 11) is 0. The van der Waals surface area contributed by atoms with Gasteiger partial charge in [-0.05, 0) is 41.2 Å². The maximum absolute atomic E-state index is 4.69. The van der Waals surface area contributed by atoms with Crippen LogP contribution in [0.5, 0.6) is 0 Å². The number of rotatable bonds is 4. The number of hydrogen-bond acceptors (Lipinski definition) is 3. The van der Waals surface area contributed by atoms with E-state index in [0.29, 0.717) is 11.8 Å². The van der Waals surface area contributed by atoms with Gasteiger partial charge >= 0.3 is 0 Å². The lowest BCUT2D eigenvalue weighted by Crippen LogP contribution is -2.07. The highest BCUT2D eigenvalue weighted by molar-refractivity contribution is 7.16. The largest absolute Gasteiger partial charge is 0.299 e. The summed E-state index contributed by atoms with van der Waals surface area (Å²) in [6.45, 7) is 9.00. The highest BCUT2D eigenvalue weighted by Crippen LogP contribution is 2.34. The Bertz CT molecular complexity index is 1030. The third-order valence-electron chi connectivity index (χ3n) is 4.81. The second-order valence-corrected chi connectivity index (χ2v) is 8.14. The minimum atomic E-state index is 0.444. The van der Waals surface area contributed by atoms with Gasteiger partial charge in [0.25, 0.3) is 0 Å². The van der Waals surface area contributed by atoms with Gasteiger partial charge in [-0.2, -0.15) is 0 Å². The number of para-hydroxylation sites is 1. The average molecular weight is 362 g/mol. The van der Waals surface area contributed by atoms with Crippen molar-refractivity contribution < 1.29 is 0 Å². The molecule has 0 spiro atoms. The van der Waals surface area contributed by atoms with Crippen molar-refractivity contribution >= 4 is 21.6 Å². The number of nitrogens with zero attached hydrogens (tertiary/aromatic N) is 3. The zero-order valence-corrected chi connectivity index (χ0v) is 16.4.